The van der Waals surface area contributed by atoms with E-state index in [2.05, 4.69) is 20.6 Å². The van der Waals surface area contributed by atoms with E-state index in [4.69, 9.17) is 20.9 Å². The molecule has 3 aromatic rings. The molecule has 3 aromatic heterocycles. The molecule has 8 nitrogen and oxygen atoms in total. The van der Waals surface area contributed by atoms with Crippen molar-refractivity contribution in [1.82, 2.24) is 19.9 Å². The molecule has 130 valence electrons. The highest BCUT2D eigenvalue weighted by molar-refractivity contribution is 6.30. The third-order valence-corrected chi connectivity index (χ3v) is 3.83. The monoisotopic (exact) mass is 361 g/mol. The van der Waals surface area contributed by atoms with E-state index >= 15 is 0 Å². The summed E-state index contributed by atoms with van der Waals surface area (Å²) < 4.78 is 11.8. The van der Waals surface area contributed by atoms with E-state index in [-0.39, 0.29) is 16.9 Å². The summed E-state index contributed by atoms with van der Waals surface area (Å²) >= 11 is 5.89. The van der Waals surface area contributed by atoms with Gasteiger partial charge in [0.15, 0.2) is 0 Å². The van der Waals surface area contributed by atoms with Crippen LogP contribution in [0, 0.1) is 13.8 Å². The van der Waals surface area contributed by atoms with Gasteiger partial charge in [-0.2, -0.15) is 5.10 Å². The van der Waals surface area contributed by atoms with E-state index in [0.717, 1.165) is 17.0 Å². The molecule has 3 heterocycles. The fourth-order valence-electron chi connectivity index (χ4n) is 2.32. The van der Waals surface area contributed by atoms with Crippen molar-refractivity contribution in [1.29, 1.82) is 0 Å². The molecule has 0 aliphatic carbocycles. The van der Waals surface area contributed by atoms with Crippen LogP contribution < -0.4 is 10.1 Å². The fourth-order valence-corrected chi connectivity index (χ4v) is 2.52. The maximum absolute atomic E-state index is 12.4. The van der Waals surface area contributed by atoms with E-state index in [0.29, 0.717) is 17.8 Å². The van der Waals surface area contributed by atoms with Crippen LogP contribution in [0.15, 0.2) is 29.0 Å². The van der Waals surface area contributed by atoms with E-state index in [9.17, 15) is 4.79 Å². The van der Waals surface area contributed by atoms with Gasteiger partial charge in [-0.05, 0) is 19.9 Å². The van der Waals surface area contributed by atoms with Gasteiger partial charge in [-0.15, -0.1) is 0 Å². The molecule has 0 bridgehead atoms. The molecule has 0 atom stereocenters. The van der Waals surface area contributed by atoms with Gasteiger partial charge in [0.05, 0.1) is 31.2 Å². The minimum atomic E-state index is -0.334. The Kier molecular flexibility index (Phi) is 4.71. The van der Waals surface area contributed by atoms with Crippen LogP contribution in [-0.4, -0.2) is 32.9 Å². The topological polar surface area (TPSA) is 95.1 Å². The van der Waals surface area contributed by atoms with Crippen LogP contribution in [0.2, 0.25) is 5.15 Å². The van der Waals surface area contributed by atoms with E-state index < -0.39 is 0 Å². The molecule has 3 rings (SSSR count). The summed E-state index contributed by atoms with van der Waals surface area (Å²) in [4.78, 5) is 16.3. The van der Waals surface area contributed by atoms with Crippen molar-refractivity contribution in [2.45, 2.75) is 20.4 Å². The van der Waals surface area contributed by atoms with Crippen LogP contribution in [0.1, 0.15) is 27.4 Å². The summed E-state index contributed by atoms with van der Waals surface area (Å²) in [6.45, 7) is 4.23. The molecule has 0 saturated heterocycles. The number of hydrogen-bond acceptors (Lipinski definition) is 6. The third kappa shape index (κ3) is 3.80. The minimum Gasteiger partial charge on any atom is -0.481 e. The maximum Gasteiger partial charge on any atom is 0.256 e. The van der Waals surface area contributed by atoms with Gasteiger partial charge in [0, 0.05) is 23.4 Å². The highest BCUT2D eigenvalue weighted by Crippen LogP contribution is 2.18. The predicted octanol–water partition coefficient (Wildman–Crippen LogP) is 2.85. The Morgan fingerprint density at radius 1 is 1.40 bits per heavy atom. The van der Waals surface area contributed by atoms with Gasteiger partial charge >= 0.3 is 0 Å². The first-order valence-electron chi connectivity index (χ1n) is 7.43. The number of halogens is 1. The summed E-state index contributed by atoms with van der Waals surface area (Å²) in [7, 11) is 1.46. The van der Waals surface area contributed by atoms with Crippen molar-refractivity contribution in [3.8, 4) is 5.88 Å². The molecule has 0 saturated carbocycles. The van der Waals surface area contributed by atoms with Crippen LogP contribution in [0.5, 0.6) is 5.88 Å². The van der Waals surface area contributed by atoms with E-state index in [1.54, 1.807) is 17.1 Å². The third-order valence-electron chi connectivity index (χ3n) is 3.63. The highest BCUT2D eigenvalue weighted by atomic mass is 35.5. The van der Waals surface area contributed by atoms with Gasteiger partial charge in [-0.3, -0.25) is 9.48 Å². The van der Waals surface area contributed by atoms with Crippen LogP contribution >= 0.6 is 11.6 Å². The Bertz CT molecular complexity index is 899. The summed E-state index contributed by atoms with van der Waals surface area (Å²) in [6.07, 6.45) is 3.29. The number of carbonyl (C=O) groups is 1. The Morgan fingerprint density at radius 2 is 2.20 bits per heavy atom. The van der Waals surface area contributed by atoms with Crippen molar-refractivity contribution in [2.75, 3.05) is 12.4 Å². The normalized spacial score (nSPS) is 10.7. The SMILES string of the molecule is COc1cc(C(=O)Nc2cnn(Cc3c(C)noc3C)c2)cc(Cl)n1. The number of rotatable bonds is 5. The van der Waals surface area contributed by atoms with E-state index in [1.165, 1.54) is 19.2 Å². The Morgan fingerprint density at radius 3 is 2.88 bits per heavy atom. The number of methoxy groups -OCH3 is 1. The molecule has 9 heteroatoms. The number of hydrogen-bond donors (Lipinski definition) is 1. The fraction of sp³-hybridized carbons (Fsp3) is 0.250. The maximum atomic E-state index is 12.4. The molecule has 1 amide bonds. The van der Waals surface area contributed by atoms with Crippen molar-refractivity contribution in [3.05, 3.63) is 52.3 Å². The zero-order valence-electron chi connectivity index (χ0n) is 13.9. The Hall–Kier alpha value is -2.87. The zero-order valence-corrected chi connectivity index (χ0v) is 14.7. The van der Waals surface area contributed by atoms with E-state index in [1.807, 2.05) is 13.8 Å². The zero-order chi connectivity index (χ0) is 18.0. The Balaban J connectivity index is 1.73. The van der Waals surface area contributed by atoms with Crippen molar-refractivity contribution in [3.63, 3.8) is 0 Å². The smallest absolute Gasteiger partial charge is 0.256 e. The predicted molar refractivity (Wildman–Crippen MR) is 91.1 cm³/mol. The lowest BCUT2D eigenvalue weighted by Crippen LogP contribution is -2.12. The number of nitrogens with zero attached hydrogens (tertiary/aromatic N) is 4. The molecule has 0 aliphatic heterocycles. The lowest BCUT2D eigenvalue weighted by molar-refractivity contribution is 0.102. The van der Waals surface area contributed by atoms with Crippen molar-refractivity contribution >= 4 is 23.2 Å². The van der Waals surface area contributed by atoms with Gasteiger partial charge in [-0.1, -0.05) is 16.8 Å². The van der Waals surface area contributed by atoms with Gasteiger partial charge in [0.1, 0.15) is 10.9 Å². The summed E-state index contributed by atoms with van der Waals surface area (Å²) in [5, 5.41) is 11.1. The molecule has 0 unspecified atom stereocenters. The molecule has 0 fully saturated rings. The first kappa shape index (κ1) is 17.0. The second-order valence-electron chi connectivity index (χ2n) is 5.40. The molecule has 1 N–H and O–H groups in total. The molecule has 25 heavy (non-hydrogen) atoms. The number of pyridine rings is 1. The summed E-state index contributed by atoms with van der Waals surface area (Å²) in [5.41, 5.74) is 2.68. The standard InChI is InChI=1S/C16H16ClN5O3/c1-9-13(10(2)25-21-9)8-22-7-12(6-18-22)19-16(23)11-4-14(17)20-15(5-11)24-3/h4-7H,8H2,1-3H3,(H,19,23). The first-order valence-corrected chi connectivity index (χ1v) is 7.81. The lowest BCUT2D eigenvalue weighted by Gasteiger charge is -2.05. The van der Waals surface area contributed by atoms with Crippen LogP contribution in [0.3, 0.4) is 0 Å². The first-order chi connectivity index (χ1) is 12.0. The molecular weight excluding hydrogens is 346 g/mol. The molecular formula is C16H16ClN5O3. The number of nitrogens with one attached hydrogen (secondary N) is 1. The molecule has 0 aliphatic rings. The molecule has 0 radical (unpaired) electrons. The number of ether oxygens (including phenoxy) is 1. The number of anilines is 1. The summed E-state index contributed by atoms with van der Waals surface area (Å²) in [6, 6.07) is 2.98. The Labute approximate surface area is 148 Å². The number of aromatic nitrogens is 4. The van der Waals surface area contributed by atoms with Crippen LogP contribution in [0.4, 0.5) is 5.69 Å². The number of carbonyl (C=O) groups excluding carboxylic acids is 1. The van der Waals surface area contributed by atoms with Crippen molar-refractivity contribution in [2.24, 2.45) is 0 Å². The average molecular weight is 362 g/mol. The van der Waals surface area contributed by atoms with Gasteiger partial charge < -0.3 is 14.6 Å². The second-order valence-corrected chi connectivity index (χ2v) is 5.79. The quantitative estimate of drug-likeness (QED) is 0.702. The number of aryl methyl sites for hydroxylation is 2. The van der Waals surface area contributed by atoms with Crippen molar-refractivity contribution < 1.29 is 14.1 Å². The minimum absolute atomic E-state index is 0.179. The van der Waals surface area contributed by atoms with Gasteiger partial charge in [-0.25, -0.2) is 4.98 Å². The van der Waals surface area contributed by atoms with Crippen LogP contribution in [-0.2, 0) is 6.54 Å². The lowest BCUT2D eigenvalue weighted by atomic mass is 10.2. The van der Waals surface area contributed by atoms with Gasteiger partial charge in [0.2, 0.25) is 5.88 Å². The second kappa shape index (κ2) is 6.94. The summed E-state index contributed by atoms with van der Waals surface area (Å²) in [5.74, 6) is 0.684. The van der Waals surface area contributed by atoms with Crippen LogP contribution in [0.25, 0.3) is 0 Å². The average Bonchev–Trinajstić information content (AvgIpc) is 3.15. The highest BCUT2D eigenvalue weighted by Gasteiger charge is 2.13. The molecule has 0 aromatic carbocycles. The largest absolute Gasteiger partial charge is 0.481 e. The number of amides is 1. The molecule has 0 spiro atoms. The van der Waals surface area contributed by atoms with Gasteiger partial charge in [0.25, 0.3) is 5.91 Å².